The maximum Gasteiger partial charge on any atom is 0.300 e. The molecule has 0 bridgehead atoms. The second-order valence-corrected chi connectivity index (χ2v) is 6.29. The third-order valence-corrected chi connectivity index (χ3v) is 4.20. The van der Waals surface area contributed by atoms with Crippen LogP contribution in [-0.4, -0.2) is 35.7 Å². The third kappa shape index (κ3) is 5.85. The zero-order valence-electron chi connectivity index (χ0n) is 15.9. The van der Waals surface area contributed by atoms with Crippen LogP contribution < -0.4 is 10.1 Å². The summed E-state index contributed by atoms with van der Waals surface area (Å²) in [6.07, 6.45) is 3.39. The van der Waals surface area contributed by atoms with Crippen LogP contribution in [0.4, 0.5) is 5.69 Å². The van der Waals surface area contributed by atoms with Gasteiger partial charge in [-0.1, -0.05) is 29.7 Å². The van der Waals surface area contributed by atoms with E-state index in [-0.39, 0.29) is 0 Å². The maximum atomic E-state index is 12.4. The minimum atomic E-state index is -0.476. The SMILES string of the molecule is CCOCCOc1ccc(-c2ncc[nH]2)cc1NC(=O)C#Cc1ccccc1Cl. The van der Waals surface area contributed by atoms with Crippen molar-refractivity contribution < 1.29 is 14.3 Å². The fourth-order valence-corrected chi connectivity index (χ4v) is 2.70. The molecule has 7 heteroatoms. The Morgan fingerprint density at radius 1 is 1.24 bits per heavy atom. The molecule has 148 valence electrons. The Kier molecular flexibility index (Phi) is 7.28. The number of ether oxygens (including phenoxy) is 2. The first-order valence-corrected chi connectivity index (χ1v) is 9.47. The molecule has 2 N–H and O–H groups in total. The van der Waals surface area contributed by atoms with E-state index < -0.39 is 5.91 Å². The van der Waals surface area contributed by atoms with Gasteiger partial charge in [-0.15, -0.1) is 0 Å². The number of rotatable bonds is 7. The Labute approximate surface area is 174 Å². The average molecular weight is 410 g/mol. The van der Waals surface area contributed by atoms with Gasteiger partial charge in [0, 0.05) is 36.0 Å². The van der Waals surface area contributed by atoms with Crippen molar-refractivity contribution in [2.24, 2.45) is 0 Å². The number of anilines is 1. The van der Waals surface area contributed by atoms with Crippen LogP contribution in [0.2, 0.25) is 5.02 Å². The second kappa shape index (κ2) is 10.3. The van der Waals surface area contributed by atoms with Crippen LogP contribution in [-0.2, 0) is 9.53 Å². The third-order valence-electron chi connectivity index (χ3n) is 3.87. The van der Waals surface area contributed by atoms with Crippen molar-refractivity contribution in [2.75, 3.05) is 25.1 Å². The fraction of sp³-hybridized carbons (Fsp3) is 0.182. The van der Waals surface area contributed by atoms with E-state index in [0.29, 0.717) is 47.7 Å². The van der Waals surface area contributed by atoms with Crippen LogP contribution in [0, 0.1) is 11.8 Å². The number of benzene rings is 2. The summed E-state index contributed by atoms with van der Waals surface area (Å²) in [6, 6.07) is 12.5. The molecule has 0 saturated carbocycles. The van der Waals surface area contributed by atoms with Gasteiger partial charge in [-0.2, -0.15) is 0 Å². The van der Waals surface area contributed by atoms with Gasteiger partial charge >= 0.3 is 5.91 Å². The van der Waals surface area contributed by atoms with E-state index in [4.69, 9.17) is 21.1 Å². The molecule has 1 aromatic heterocycles. The maximum absolute atomic E-state index is 12.4. The molecule has 6 nitrogen and oxygen atoms in total. The lowest BCUT2D eigenvalue weighted by Gasteiger charge is -2.12. The molecule has 0 fully saturated rings. The number of aromatic nitrogens is 2. The van der Waals surface area contributed by atoms with E-state index in [1.54, 1.807) is 42.7 Å². The highest BCUT2D eigenvalue weighted by Gasteiger charge is 2.10. The molecule has 0 radical (unpaired) electrons. The van der Waals surface area contributed by atoms with E-state index in [2.05, 4.69) is 27.1 Å². The molecule has 29 heavy (non-hydrogen) atoms. The van der Waals surface area contributed by atoms with Gasteiger partial charge in [0.2, 0.25) is 0 Å². The summed E-state index contributed by atoms with van der Waals surface area (Å²) in [7, 11) is 0. The smallest absolute Gasteiger partial charge is 0.300 e. The number of nitrogens with one attached hydrogen (secondary N) is 2. The van der Waals surface area contributed by atoms with Crippen molar-refractivity contribution in [1.82, 2.24) is 9.97 Å². The first-order valence-electron chi connectivity index (χ1n) is 9.09. The highest BCUT2D eigenvalue weighted by Crippen LogP contribution is 2.29. The average Bonchev–Trinajstić information content (AvgIpc) is 3.26. The Morgan fingerprint density at radius 3 is 2.86 bits per heavy atom. The topological polar surface area (TPSA) is 76.2 Å². The van der Waals surface area contributed by atoms with Gasteiger partial charge < -0.3 is 19.8 Å². The van der Waals surface area contributed by atoms with Gasteiger partial charge in [0.15, 0.2) is 0 Å². The molecule has 0 aliphatic rings. The van der Waals surface area contributed by atoms with E-state index in [0.717, 1.165) is 5.56 Å². The summed E-state index contributed by atoms with van der Waals surface area (Å²) < 4.78 is 11.1. The summed E-state index contributed by atoms with van der Waals surface area (Å²) >= 11 is 6.08. The lowest BCUT2D eigenvalue weighted by atomic mass is 10.1. The fourth-order valence-electron chi connectivity index (χ4n) is 2.52. The quantitative estimate of drug-likeness (QED) is 0.454. The molecule has 1 heterocycles. The van der Waals surface area contributed by atoms with Gasteiger partial charge in [-0.05, 0) is 37.3 Å². The van der Waals surface area contributed by atoms with Crippen LogP contribution in [0.5, 0.6) is 5.75 Å². The molecule has 1 amide bonds. The number of hydrogen-bond acceptors (Lipinski definition) is 4. The monoisotopic (exact) mass is 409 g/mol. The summed E-state index contributed by atoms with van der Waals surface area (Å²) in [5.74, 6) is 6.07. The normalized spacial score (nSPS) is 10.1. The molecule has 3 aromatic rings. The van der Waals surface area contributed by atoms with E-state index in [9.17, 15) is 4.79 Å². The lowest BCUT2D eigenvalue weighted by Crippen LogP contribution is -2.12. The molecule has 0 aliphatic carbocycles. The Bertz CT molecular complexity index is 1020. The molecule has 0 aliphatic heterocycles. The zero-order chi connectivity index (χ0) is 20.5. The van der Waals surface area contributed by atoms with Gasteiger partial charge in [0.05, 0.1) is 17.3 Å². The van der Waals surface area contributed by atoms with Gasteiger partial charge in [-0.3, -0.25) is 4.79 Å². The number of H-pyrrole nitrogens is 1. The van der Waals surface area contributed by atoms with Crippen molar-refractivity contribution in [3.8, 4) is 29.0 Å². The number of imidazole rings is 1. The molecule has 0 spiro atoms. The Balaban J connectivity index is 1.80. The van der Waals surface area contributed by atoms with E-state index in [1.807, 2.05) is 19.1 Å². The molecule has 0 unspecified atom stereocenters. The van der Waals surface area contributed by atoms with Gasteiger partial charge in [-0.25, -0.2) is 4.98 Å². The summed E-state index contributed by atoms with van der Waals surface area (Å²) in [6.45, 7) is 3.35. The van der Waals surface area contributed by atoms with E-state index in [1.165, 1.54) is 0 Å². The molecule has 3 rings (SSSR count). The van der Waals surface area contributed by atoms with Crippen LogP contribution in [0.1, 0.15) is 12.5 Å². The largest absolute Gasteiger partial charge is 0.489 e. The molecular weight excluding hydrogens is 390 g/mol. The van der Waals surface area contributed by atoms with Gasteiger partial charge in [0.1, 0.15) is 18.2 Å². The van der Waals surface area contributed by atoms with Crippen molar-refractivity contribution in [2.45, 2.75) is 6.92 Å². The first kappa shape index (κ1) is 20.5. The number of nitrogens with zero attached hydrogens (tertiary/aromatic N) is 1. The molecular formula is C22H20ClN3O3. The number of amides is 1. The van der Waals surface area contributed by atoms with Crippen LogP contribution >= 0.6 is 11.6 Å². The number of carbonyl (C=O) groups is 1. The molecule has 2 aromatic carbocycles. The van der Waals surface area contributed by atoms with Crippen LogP contribution in [0.3, 0.4) is 0 Å². The summed E-state index contributed by atoms with van der Waals surface area (Å²) in [4.78, 5) is 19.7. The van der Waals surface area contributed by atoms with Crippen molar-refractivity contribution in [1.29, 1.82) is 0 Å². The predicted molar refractivity (Wildman–Crippen MR) is 113 cm³/mol. The summed E-state index contributed by atoms with van der Waals surface area (Å²) in [5, 5.41) is 3.27. The Morgan fingerprint density at radius 2 is 2.10 bits per heavy atom. The van der Waals surface area contributed by atoms with E-state index >= 15 is 0 Å². The highest BCUT2D eigenvalue weighted by molar-refractivity contribution is 6.31. The van der Waals surface area contributed by atoms with Crippen LogP contribution in [0.25, 0.3) is 11.4 Å². The summed E-state index contributed by atoms with van der Waals surface area (Å²) in [5.41, 5.74) is 1.89. The van der Waals surface area contributed by atoms with Gasteiger partial charge in [0.25, 0.3) is 0 Å². The Hall–Kier alpha value is -3.27. The molecule has 0 saturated heterocycles. The van der Waals surface area contributed by atoms with Crippen molar-refractivity contribution in [3.63, 3.8) is 0 Å². The number of halogens is 1. The minimum Gasteiger partial charge on any atom is -0.489 e. The first-order chi connectivity index (χ1) is 14.2. The predicted octanol–water partition coefficient (Wildman–Crippen LogP) is 4.14. The number of hydrogen-bond donors (Lipinski definition) is 2. The lowest BCUT2D eigenvalue weighted by molar-refractivity contribution is -0.111. The van der Waals surface area contributed by atoms with Crippen molar-refractivity contribution >= 4 is 23.2 Å². The second-order valence-electron chi connectivity index (χ2n) is 5.88. The minimum absolute atomic E-state index is 0.363. The number of aromatic amines is 1. The zero-order valence-corrected chi connectivity index (χ0v) is 16.6. The van der Waals surface area contributed by atoms with Crippen LogP contribution in [0.15, 0.2) is 54.9 Å². The number of carbonyl (C=O) groups excluding carboxylic acids is 1. The molecule has 0 atom stereocenters. The standard InChI is InChI=1S/C22H20ClN3O3/c1-2-28-13-14-29-20-9-7-17(22-24-11-12-25-22)15-19(20)26-21(27)10-8-16-5-3-4-6-18(16)23/h3-7,9,11-12,15H,2,13-14H2,1H3,(H,24,25)(H,26,27). The van der Waals surface area contributed by atoms with Crippen molar-refractivity contribution in [3.05, 3.63) is 65.4 Å². The highest BCUT2D eigenvalue weighted by atomic mass is 35.5.